The highest BCUT2D eigenvalue weighted by atomic mass is 79.9. The van der Waals surface area contributed by atoms with Crippen LogP contribution in [-0.4, -0.2) is 4.83 Å². The van der Waals surface area contributed by atoms with Gasteiger partial charge in [-0.25, -0.2) is 0 Å². The molecule has 0 spiro atoms. The zero-order chi connectivity index (χ0) is 9.76. The summed E-state index contributed by atoms with van der Waals surface area (Å²) in [5.41, 5.74) is 0.608. The largest absolute Gasteiger partial charge is 0.102 e. The maximum absolute atomic E-state index is 3.97. The highest BCUT2D eigenvalue weighted by molar-refractivity contribution is 9.09. The molecule has 0 heterocycles. The Labute approximate surface area is 95.3 Å². The molecule has 0 aromatic carbocycles. The summed E-state index contributed by atoms with van der Waals surface area (Å²) in [6.45, 7) is 3.97. The minimum atomic E-state index is 0.573. The highest BCUT2D eigenvalue weighted by Gasteiger charge is 2.52. The van der Waals surface area contributed by atoms with E-state index in [-0.39, 0.29) is 0 Å². The summed E-state index contributed by atoms with van der Waals surface area (Å²) in [7, 11) is 0. The molecule has 4 bridgehead atoms. The van der Waals surface area contributed by atoms with E-state index in [1.807, 2.05) is 0 Å². The number of alkyl halides is 1. The second-order valence-electron chi connectivity index (χ2n) is 5.92. The van der Waals surface area contributed by atoms with E-state index in [1.54, 1.807) is 0 Å². The first-order valence-corrected chi connectivity index (χ1v) is 6.90. The van der Waals surface area contributed by atoms with Gasteiger partial charge in [0.2, 0.25) is 0 Å². The molecule has 78 valence electrons. The van der Waals surface area contributed by atoms with Crippen molar-refractivity contribution >= 4 is 15.9 Å². The Kier molecular flexibility index (Phi) is 2.09. The topological polar surface area (TPSA) is 0 Å². The van der Waals surface area contributed by atoms with Gasteiger partial charge in [-0.1, -0.05) is 22.0 Å². The number of halogens is 1. The lowest BCUT2D eigenvalue weighted by atomic mass is 9.49. The fraction of sp³-hybridized carbons (Fsp3) is 0.846. The van der Waals surface area contributed by atoms with Crippen LogP contribution in [0.3, 0.4) is 0 Å². The molecule has 0 nitrogen and oxygen atoms in total. The van der Waals surface area contributed by atoms with Crippen LogP contribution in [-0.2, 0) is 0 Å². The molecule has 4 rings (SSSR count). The maximum atomic E-state index is 3.97. The van der Waals surface area contributed by atoms with Gasteiger partial charge in [0.15, 0.2) is 0 Å². The standard InChI is InChI=1S/C13H19Br/c1-2-12(14)13-6-9-3-10(7-13)5-11(4-9)8-13/h2,9-12H,1,3-8H2. The van der Waals surface area contributed by atoms with Gasteiger partial charge in [0.1, 0.15) is 0 Å². The Balaban J connectivity index is 1.90. The van der Waals surface area contributed by atoms with Crippen LogP contribution in [0.15, 0.2) is 12.7 Å². The summed E-state index contributed by atoms with van der Waals surface area (Å²) in [5, 5.41) is 0. The molecule has 1 unspecified atom stereocenters. The fourth-order valence-corrected chi connectivity index (χ4v) is 5.33. The Morgan fingerprint density at radius 2 is 1.50 bits per heavy atom. The first-order chi connectivity index (χ1) is 6.72. The van der Waals surface area contributed by atoms with Gasteiger partial charge < -0.3 is 0 Å². The van der Waals surface area contributed by atoms with Crippen molar-refractivity contribution in [1.82, 2.24) is 0 Å². The molecule has 0 amide bonds. The molecule has 4 aliphatic rings. The number of hydrogen-bond acceptors (Lipinski definition) is 0. The van der Waals surface area contributed by atoms with Crippen LogP contribution in [0.5, 0.6) is 0 Å². The van der Waals surface area contributed by atoms with Gasteiger partial charge in [0, 0.05) is 4.83 Å². The maximum Gasteiger partial charge on any atom is 0.0379 e. The van der Waals surface area contributed by atoms with Crippen molar-refractivity contribution in [2.45, 2.75) is 43.4 Å². The van der Waals surface area contributed by atoms with Crippen LogP contribution in [0, 0.1) is 23.2 Å². The third-order valence-electron chi connectivity index (χ3n) is 4.88. The Bertz CT molecular complexity index is 221. The number of rotatable bonds is 2. The van der Waals surface area contributed by atoms with E-state index in [4.69, 9.17) is 0 Å². The van der Waals surface area contributed by atoms with Crippen LogP contribution in [0.2, 0.25) is 0 Å². The molecule has 1 atom stereocenters. The van der Waals surface area contributed by atoms with Crippen LogP contribution < -0.4 is 0 Å². The Morgan fingerprint density at radius 1 is 1.07 bits per heavy atom. The Hall–Kier alpha value is 0.220. The second kappa shape index (κ2) is 3.10. The summed E-state index contributed by atoms with van der Waals surface area (Å²) in [6.07, 6.45) is 11.2. The van der Waals surface area contributed by atoms with Crippen molar-refractivity contribution in [1.29, 1.82) is 0 Å². The van der Waals surface area contributed by atoms with Crippen molar-refractivity contribution in [3.05, 3.63) is 12.7 Å². The zero-order valence-electron chi connectivity index (χ0n) is 8.71. The van der Waals surface area contributed by atoms with Gasteiger partial charge in [-0.2, -0.15) is 0 Å². The molecule has 0 N–H and O–H groups in total. The first kappa shape index (κ1) is 9.45. The van der Waals surface area contributed by atoms with E-state index in [1.165, 1.54) is 38.5 Å². The average molecular weight is 255 g/mol. The van der Waals surface area contributed by atoms with Gasteiger partial charge in [-0.3, -0.25) is 0 Å². The van der Waals surface area contributed by atoms with Crippen LogP contribution >= 0.6 is 15.9 Å². The van der Waals surface area contributed by atoms with E-state index in [0.717, 1.165) is 17.8 Å². The molecule has 14 heavy (non-hydrogen) atoms. The minimum Gasteiger partial charge on any atom is -0.102 e. The molecular formula is C13H19Br. The predicted octanol–water partition coefficient (Wildman–Crippen LogP) is 4.15. The van der Waals surface area contributed by atoms with Crippen molar-refractivity contribution in [3.8, 4) is 0 Å². The SMILES string of the molecule is C=CC(Br)C12CC3CC(CC(C3)C1)C2. The molecule has 4 fully saturated rings. The molecule has 0 aromatic rings. The molecular weight excluding hydrogens is 236 g/mol. The van der Waals surface area contributed by atoms with Gasteiger partial charge >= 0.3 is 0 Å². The Morgan fingerprint density at radius 3 is 1.86 bits per heavy atom. The second-order valence-corrected chi connectivity index (χ2v) is 6.90. The quantitative estimate of drug-likeness (QED) is 0.513. The van der Waals surface area contributed by atoms with E-state index in [2.05, 4.69) is 28.6 Å². The third-order valence-corrected chi connectivity index (χ3v) is 6.22. The lowest BCUT2D eigenvalue weighted by Gasteiger charge is -2.58. The normalized spacial score (nSPS) is 51.9. The molecule has 1 heteroatoms. The third kappa shape index (κ3) is 1.24. The van der Waals surface area contributed by atoms with Crippen molar-refractivity contribution in [3.63, 3.8) is 0 Å². The lowest BCUT2D eigenvalue weighted by molar-refractivity contribution is -0.0465. The first-order valence-electron chi connectivity index (χ1n) is 5.98. The summed E-state index contributed by atoms with van der Waals surface area (Å²) in [6, 6.07) is 0. The average Bonchev–Trinajstić information content (AvgIpc) is 2.14. The van der Waals surface area contributed by atoms with E-state index >= 15 is 0 Å². The van der Waals surface area contributed by atoms with Crippen LogP contribution in [0.1, 0.15) is 38.5 Å². The van der Waals surface area contributed by atoms with Gasteiger partial charge in [0.25, 0.3) is 0 Å². The van der Waals surface area contributed by atoms with E-state index in [9.17, 15) is 0 Å². The van der Waals surface area contributed by atoms with Crippen LogP contribution in [0.4, 0.5) is 0 Å². The smallest absolute Gasteiger partial charge is 0.0379 e. The fourth-order valence-electron chi connectivity index (χ4n) is 4.77. The zero-order valence-corrected chi connectivity index (χ0v) is 10.3. The van der Waals surface area contributed by atoms with Crippen molar-refractivity contribution in [2.24, 2.45) is 23.2 Å². The monoisotopic (exact) mass is 254 g/mol. The molecule has 0 saturated heterocycles. The summed E-state index contributed by atoms with van der Waals surface area (Å²) < 4.78 is 0. The molecule has 4 aliphatic carbocycles. The summed E-state index contributed by atoms with van der Waals surface area (Å²) in [5.74, 6) is 3.17. The van der Waals surface area contributed by atoms with E-state index in [0.29, 0.717) is 10.2 Å². The predicted molar refractivity (Wildman–Crippen MR) is 63.5 cm³/mol. The van der Waals surface area contributed by atoms with Gasteiger partial charge in [-0.15, -0.1) is 6.58 Å². The number of allylic oxidation sites excluding steroid dienone is 1. The van der Waals surface area contributed by atoms with Crippen molar-refractivity contribution in [2.75, 3.05) is 0 Å². The van der Waals surface area contributed by atoms with Gasteiger partial charge in [0.05, 0.1) is 0 Å². The molecule has 4 saturated carbocycles. The molecule has 0 aromatic heterocycles. The molecule has 0 radical (unpaired) electrons. The van der Waals surface area contributed by atoms with Crippen molar-refractivity contribution < 1.29 is 0 Å². The minimum absolute atomic E-state index is 0.573. The van der Waals surface area contributed by atoms with Crippen LogP contribution in [0.25, 0.3) is 0 Å². The van der Waals surface area contributed by atoms with Gasteiger partial charge in [-0.05, 0) is 61.7 Å². The summed E-state index contributed by atoms with van der Waals surface area (Å²) >= 11 is 3.85. The lowest BCUT2D eigenvalue weighted by Crippen LogP contribution is -2.49. The highest BCUT2D eigenvalue weighted by Crippen LogP contribution is 2.62. The summed E-state index contributed by atoms with van der Waals surface area (Å²) in [4.78, 5) is 0.573. The van der Waals surface area contributed by atoms with E-state index < -0.39 is 0 Å². The molecule has 0 aliphatic heterocycles. The number of hydrogen-bond donors (Lipinski definition) is 0.